The number of nitrogens with one attached hydrogen (secondary N) is 1. The summed E-state index contributed by atoms with van der Waals surface area (Å²) in [4.78, 5) is 25.9. The number of allylic oxidation sites excluding steroid dienone is 3. The lowest BCUT2D eigenvalue weighted by molar-refractivity contribution is -0.140. The van der Waals surface area contributed by atoms with E-state index in [1.54, 1.807) is 18.2 Å². The molecule has 1 aliphatic heterocycles. The molecule has 0 amide bonds. The van der Waals surface area contributed by atoms with Crippen LogP contribution in [0.3, 0.4) is 0 Å². The normalized spacial score (nSPS) is 18.4. The highest BCUT2D eigenvalue weighted by atomic mass is 16.6. The monoisotopic (exact) mass is 419 g/mol. The van der Waals surface area contributed by atoms with Gasteiger partial charge in [0.25, 0.3) is 0 Å². The zero-order chi connectivity index (χ0) is 21.8. The molecule has 31 heavy (non-hydrogen) atoms. The predicted octanol–water partition coefficient (Wildman–Crippen LogP) is 3.98. The number of para-hydroxylation sites is 1. The number of rotatable bonds is 6. The van der Waals surface area contributed by atoms with E-state index in [-0.39, 0.29) is 24.7 Å². The average Bonchev–Trinajstić information content (AvgIpc) is 2.76. The van der Waals surface area contributed by atoms with Gasteiger partial charge in [-0.15, -0.1) is 0 Å². The molecule has 2 aromatic rings. The summed E-state index contributed by atoms with van der Waals surface area (Å²) in [5.41, 5.74) is 3.19. The van der Waals surface area contributed by atoms with E-state index in [2.05, 4.69) is 5.32 Å². The second kappa shape index (κ2) is 9.08. The minimum absolute atomic E-state index is 0.0207. The van der Waals surface area contributed by atoms with E-state index in [9.17, 15) is 14.7 Å². The van der Waals surface area contributed by atoms with Crippen LogP contribution >= 0.6 is 0 Å². The number of esters is 1. The second-order valence-electron chi connectivity index (χ2n) is 7.66. The molecule has 1 aliphatic carbocycles. The molecule has 2 aliphatic rings. The number of hydrogen-bond acceptors (Lipinski definition) is 6. The van der Waals surface area contributed by atoms with Crippen molar-refractivity contribution in [3.8, 4) is 11.5 Å². The molecule has 0 fully saturated rings. The van der Waals surface area contributed by atoms with E-state index in [1.165, 1.54) is 0 Å². The van der Waals surface area contributed by atoms with E-state index >= 15 is 0 Å². The van der Waals surface area contributed by atoms with Crippen molar-refractivity contribution in [2.24, 2.45) is 0 Å². The summed E-state index contributed by atoms with van der Waals surface area (Å²) in [6.45, 7) is 2.12. The molecule has 2 N–H and O–H groups in total. The first kappa shape index (κ1) is 20.7. The molecule has 0 unspecified atom stereocenters. The molecule has 2 aromatic carbocycles. The number of carbonyl (C=O) groups is 2. The lowest BCUT2D eigenvalue weighted by Gasteiger charge is -2.34. The lowest BCUT2D eigenvalue weighted by atomic mass is 9.75. The van der Waals surface area contributed by atoms with Crippen molar-refractivity contribution in [2.45, 2.75) is 32.1 Å². The van der Waals surface area contributed by atoms with Crippen LogP contribution in [0.5, 0.6) is 11.5 Å². The third kappa shape index (κ3) is 4.48. The fourth-order valence-electron chi connectivity index (χ4n) is 4.18. The highest BCUT2D eigenvalue weighted by molar-refractivity contribution is 6.03. The Labute approximate surface area is 181 Å². The molecule has 0 saturated heterocycles. The summed E-state index contributed by atoms with van der Waals surface area (Å²) in [7, 11) is 0. The Morgan fingerprint density at radius 2 is 1.90 bits per heavy atom. The van der Waals surface area contributed by atoms with Crippen molar-refractivity contribution in [1.29, 1.82) is 0 Å². The van der Waals surface area contributed by atoms with Crippen LogP contribution in [0.25, 0.3) is 0 Å². The van der Waals surface area contributed by atoms with Crippen molar-refractivity contribution in [1.82, 2.24) is 5.32 Å². The van der Waals surface area contributed by atoms with Crippen LogP contribution in [0.1, 0.15) is 37.7 Å². The van der Waals surface area contributed by atoms with Crippen LogP contribution in [-0.2, 0) is 14.3 Å². The summed E-state index contributed by atoms with van der Waals surface area (Å²) in [5.74, 6) is -0.262. The van der Waals surface area contributed by atoms with Gasteiger partial charge < -0.3 is 19.9 Å². The quantitative estimate of drug-likeness (QED) is 0.544. The van der Waals surface area contributed by atoms with Gasteiger partial charge in [-0.25, -0.2) is 4.79 Å². The summed E-state index contributed by atoms with van der Waals surface area (Å²) >= 11 is 0. The van der Waals surface area contributed by atoms with Crippen LogP contribution in [0, 0.1) is 0 Å². The Morgan fingerprint density at radius 1 is 1.10 bits per heavy atom. The molecular formula is C25H25NO5. The first-order valence-corrected chi connectivity index (χ1v) is 10.4. The van der Waals surface area contributed by atoms with Crippen molar-refractivity contribution < 1.29 is 24.2 Å². The van der Waals surface area contributed by atoms with E-state index < -0.39 is 11.9 Å². The third-order valence-electron chi connectivity index (χ3n) is 5.53. The fourth-order valence-corrected chi connectivity index (χ4v) is 4.18. The smallest absolute Gasteiger partial charge is 0.336 e. The third-order valence-corrected chi connectivity index (χ3v) is 5.53. The Kier molecular flexibility index (Phi) is 6.07. The first-order chi connectivity index (χ1) is 15.0. The van der Waals surface area contributed by atoms with E-state index in [0.29, 0.717) is 34.6 Å². The number of hydrogen-bond donors (Lipinski definition) is 2. The van der Waals surface area contributed by atoms with Crippen LogP contribution in [0.4, 0.5) is 0 Å². The molecule has 0 radical (unpaired) electrons. The number of phenols is 1. The van der Waals surface area contributed by atoms with Gasteiger partial charge in [-0.2, -0.15) is 0 Å². The van der Waals surface area contributed by atoms with Gasteiger partial charge in [0, 0.05) is 29.3 Å². The van der Waals surface area contributed by atoms with Gasteiger partial charge in [0.15, 0.2) is 5.78 Å². The van der Waals surface area contributed by atoms with E-state index in [0.717, 1.165) is 18.5 Å². The van der Waals surface area contributed by atoms with Gasteiger partial charge >= 0.3 is 5.97 Å². The van der Waals surface area contributed by atoms with Crippen molar-refractivity contribution in [3.63, 3.8) is 0 Å². The number of ketones is 1. The standard InChI is InChI=1S/C25H25NO5/c1-16-22(25(29)31-14-13-30-19-9-3-2-4-10-19)23(17-7-5-8-18(27)15-17)24-20(26-16)11-6-12-21(24)28/h2-5,7-10,15,23,26-27H,6,11-14H2,1H3/t23-/m0/s1. The van der Waals surface area contributed by atoms with Crippen LogP contribution in [0.2, 0.25) is 0 Å². The van der Waals surface area contributed by atoms with Gasteiger partial charge in [0.2, 0.25) is 0 Å². The molecule has 0 bridgehead atoms. The van der Waals surface area contributed by atoms with Crippen molar-refractivity contribution in [2.75, 3.05) is 13.2 Å². The van der Waals surface area contributed by atoms with Gasteiger partial charge in [0.05, 0.1) is 5.57 Å². The summed E-state index contributed by atoms with van der Waals surface area (Å²) in [5, 5.41) is 13.3. The molecule has 6 nitrogen and oxygen atoms in total. The number of carbonyl (C=O) groups excluding carboxylic acids is 2. The zero-order valence-electron chi connectivity index (χ0n) is 17.4. The Bertz CT molecular complexity index is 1050. The Hall–Kier alpha value is -3.54. The number of Topliss-reactive ketones (excluding diaryl/α,β-unsaturated/α-hetero) is 1. The van der Waals surface area contributed by atoms with Crippen LogP contribution < -0.4 is 10.1 Å². The van der Waals surface area contributed by atoms with Crippen LogP contribution in [0.15, 0.2) is 77.1 Å². The molecule has 1 atom stereocenters. The molecule has 0 aromatic heterocycles. The Morgan fingerprint density at radius 3 is 2.68 bits per heavy atom. The molecule has 0 spiro atoms. The largest absolute Gasteiger partial charge is 0.508 e. The van der Waals surface area contributed by atoms with E-state index in [4.69, 9.17) is 9.47 Å². The summed E-state index contributed by atoms with van der Waals surface area (Å²) in [6, 6.07) is 16.0. The topological polar surface area (TPSA) is 84.9 Å². The predicted molar refractivity (Wildman–Crippen MR) is 115 cm³/mol. The minimum Gasteiger partial charge on any atom is -0.508 e. The highest BCUT2D eigenvalue weighted by Crippen LogP contribution is 2.43. The SMILES string of the molecule is CC1=C(C(=O)OCCOc2ccccc2)[C@H](c2cccc(O)c2)C2=C(CCCC2=O)N1. The number of benzene rings is 2. The second-order valence-corrected chi connectivity index (χ2v) is 7.66. The average molecular weight is 419 g/mol. The lowest BCUT2D eigenvalue weighted by Crippen LogP contribution is -2.34. The molecule has 0 saturated carbocycles. The highest BCUT2D eigenvalue weighted by Gasteiger charge is 2.39. The van der Waals surface area contributed by atoms with Gasteiger partial charge in [-0.05, 0) is 49.6 Å². The van der Waals surface area contributed by atoms with E-state index in [1.807, 2.05) is 43.3 Å². The maximum atomic E-state index is 13.1. The number of dihydropyridines is 1. The number of phenolic OH excluding ortho intramolecular Hbond substituents is 1. The molecule has 4 rings (SSSR count). The van der Waals surface area contributed by atoms with Gasteiger partial charge in [-0.1, -0.05) is 30.3 Å². The minimum atomic E-state index is -0.571. The van der Waals surface area contributed by atoms with Gasteiger partial charge in [-0.3, -0.25) is 4.79 Å². The van der Waals surface area contributed by atoms with Gasteiger partial charge in [0.1, 0.15) is 24.7 Å². The molecular weight excluding hydrogens is 394 g/mol. The van der Waals surface area contributed by atoms with Crippen LogP contribution in [-0.4, -0.2) is 30.1 Å². The maximum absolute atomic E-state index is 13.1. The first-order valence-electron chi connectivity index (χ1n) is 10.4. The van der Waals surface area contributed by atoms with Crippen molar-refractivity contribution in [3.05, 3.63) is 82.7 Å². The Balaban J connectivity index is 1.56. The molecule has 6 heteroatoms. The molecule has 1 heterocycles. The number of ether oxygens (including phenoxy) is 2. The summed E-state index contributed by atoms with van der Waals surface area (Å²) < 4.78 is 11.1. The van der Waals surface area contributed by atoms with Crippen molar-refractivity contribution >= 4 is 11.8 Å². The zero-order valence-corrected chi connectivity index (χ0v) is 17.4. The summed E-state index contributed by atoms with van der Waals surface area (Å²) in [6.07, 6.45) is 1.98. The fraction of sp³-hybridized carbons (Fsp3) is 0.280. The number of aromatic hydroxyl groups is 1. The maximum Gasteiger partial charge on any atom is 0.336 e. The molecule has 160 valence electrons.